The number of nitrogens with one attached hydrogen (secondary N) is 1. The Morgan fingerprint density at radius 2 is 1.61 bits per heavy atom. The van der Waals surface area contributed by atoms with Crippen LogP contribution in [0.3, 0.4) is 0 Å². The van der Waals surface area contributed by atoms with Crippen molar-refractivity contribution in [3.05, 3.63) is 127 Å². The fourth-order valence-corrected chi connectivity index (χ4v) is 5.35. The van der Waals surface area contributed by atoms with E-state index in [1.165, 1.54) is 11.3 Å². The molecule has 1 aliphatic rings. The van der Waals surface area contributed by atoms with Crippen LogP contribution in [-0.4, -0.2) is 24.6 Å². The number of allylic oxidation sites excluding steroid dienone is 1. The van der Waals surface area contributed by atoms with E-state index in [2.05, 4.69) is 5.32 Å². The average molecular weight is 495 g/mol. The van der Waals surface area contributed by atoms with Gasteiger partial charge in [-0.2, -0.15) is 0 Å². The summed E-state index contributed by atoms with van der Waals surface area (Å²) in [5, 5.41) is 2.97. The molecule has 6 nitrogen and oxygen atoms in total. The van der Waals surface area contributed by atoms with Gasteiger partial charge in [0.25, 0.3) is 11.5 Å². The number of amides is 1. The molecule has 1 atom stereocenters. The van der Waals surface area contributed by atoms with Gasteiger partial charge in [0.05, 0.1) is 21.8 Å². The van der Waals surface area contributed by atoms with Crippen molar-refractivity contribution >= 4 is 34.7 Å². The molecule has 0 spiro atoms. The first-order chi connectivity index (χ1) is 17.4. The highest BCUT2D eigenvalue weighted by Gasteiger charge is 2.32. The maximum absolute atomic E-state index is 13.7. The fourth-order valence-electron chi connectivity index (χ4n) is 4.30. The topological polar surface area (TPSA) is 66.7 Å². The Hall–Kier alpha value is -4.23. The predicted molar refractivity (Wildman–Crippen MR) is 146 cm³/mol. The molecule has 2 heterocycles. The summed E-state index contributed by atoms with van der Waals surface area (Å²) in [6.45, 7) is 1.83. The molecule has 36 heavy (non-hydrogen) atoms. The Balaban J connectivity index is 1.63. The lowest BCUT2D eigenvalue weighted by Crippen LogP contribution is -2.40. The van der Waals surface area contributed by atoms with Crippen molar-refractivity contribution in [2.75, 3.05) is 24.3 Å². The Kier molecular flexibility index (Phi) is 6.40. The second kappa shape index (κ2) is 9.79. The number of carbonyl (C=O) groups excluding carboxylic acids is 1. The Morgan fingerprint density at radius 1 is 0.972 bits per heavy atom. The Morgan fingerprint density at radius 3 is 2.25 bits per heavy atom. The minimum atomic E-state index is -0.579. The van der Waals surface area contributed by atoms with Crippen molar-refractivity contribution in [1.82, 2.24) is 4.57 Å². The van der Waals surface area contributed by atoms with Crippen molar-refractivity contribution in [3.8, 4) is 0 Å². The van der Waals surface area contributed by atoms with Crippen LogP contribution in [0.5, 0.6) is 0 Å². The number of nitrogens with zero attached hydrogens (tertiary/aromatic N) is 3. The molecule has 0 fully saturated rings. The molecule has 7 heteroatoms. The van der Waals surface area contributed by atoms with Crippen LogP contribution in [0.25, 0.3) is 6.08 Å². The monoisotopic (exact) mass is 494 g/mol. The first-order valence-corrected chi connectivity index (χ1v) is 12.5. The van der Waals surface area contributed by atoms with E-state index in [1.807, 2.05) is 117 Å². The highest BCUT2D eigenvalue weighted by molar-refractivity contribution is 7.07. The summed E-state index contributed by atoms with van der Waals surface area (Å²) in [7, 11) is 3.98. The molecule has 180 valence electrons. The minimum Gasteiger partial charge on any atom is -0.378 e. The number of anilines is 2. The van der Waals surface area contributed by atoms with Crippen LogP contribution in [0.4, 0.5) is 11.4 Å². The van der Waals surface area contributed by atoms with Crippen LogP contribution in [0.1, 0.15) is 24.1 Å². The second-order valence-corrected chi connectivity index (χ2v) is 9.81. The first kappa shape index (κ1) is 23.5. The summed E-state index contributed by atoms with van der Waals surface area (Å²) in [5.74, 6) is -0.273. The van der Waals surface area contributed by atoms with Crippen LogP contribution >= 0.6 is 11.3 Å². The zero-order valence-electron chi connectivity index (χ0n) is 20.3. The van der Waals surface area contributed by atoms with Crippen molar-refractivity contribution in [3.63, 3.8) is 0 Å². The molecule has 1 N–H and O–H groups in total. The van der Waals surface area contributed by atoms with Gasteiger partial charge in [0, 0.05) is 25.5 Å². The van der Waals surface area contributed by atoms with E-state index in [1.54, 1.807) is 4.57 Å². The molecule has 0 saturated carbocycles. The molecule has 1 amide bonds. The van der Waals surface area contributed by atoms with Gasteiger partial charge < -0.3 is 10.2 Å². The Bertz CT molecular complexity index is 1620. The third-order valence-corrected chi connectivity index (χ3v) is 7.10. The summed E-state index contributed by atoms with van der Waals surface area (Å²) in [4.78, 5) is 34.6. The van der Waals surface area contributed by atoms with Crippen LogP contribution in [0, 0.1) is 0 Å². The molecule has 1 aliphatic heterocycles. The van der Waals surface area contributed by atoms with E-state index in [-0.39, 0.29) is 11.5 Å². The molecule has 1 unspecified atom stereocenters. The maximum atomic E-state index is 13.7. The van der Waals surface area contributed by atoms with Crippen molar-refractivity contribution in [1.29, 1.82) is 0 Å². The number of rotatable bonds is 5. The average Bonchev–Trinajstić information content (AvgIpc) is 3.18. The summed E-state index contributed by atoms with van der Waals surface area (Å²) in [5.41, 5.74) is 4.45. The highest BCUT2D eigenvalue weighted by atomic mass is 32.1. The number of aromatic nitrogens is 1. The zero-order chi connectivity index (χ0) is 25.2. The SMILES string of the molecule is CC1=C(C(=O)Nc2ccccc2)C(c2ccccc2)n2c(s/c(=C\c3ccc(N(C)C)cc3)c2=O)=N1. The zero-order valence-corrected chi connectivity index (χ0v) is 21.1. The molecule has 0 aliphatic carbocycles. The van der Waals surface area contributed by atoms with Crippen molar-refractivity contribution in [2.45, 2.75) is 13.0 Å². The summed E-state index contributed by atoms with van der Waals surface area (Å²) < 4.78 is 2.22. The van der Waals surface area contributed by atoms with E-state index in [0.717, 1.165) is 16.8 Å². The maximum Gasteiger partial charge on any atom is 0.271 e. The molecule has 0 saturated heterocycles. The fraction of sp³-hybridized carbons (Fsp3) is 0.138. The van der Waals surface area contributed by atoms with Gasteiger partial charge in [-0.1, -0.05) is 72.0 Å². The van der Waals surface area contributed by atoms with Crippen molar-refractivity contribution < 1.29 is 4.79 Å². The molecule has 1 aromatic heterocycles. The smallest absolute Gasteiger partial charge is 0.271 e. The summed E-state index contributed by atoms with van der Waals surface area (Å²) >= 11 is 1.34. The number of fused-ring (bicyclic) bond motifs is 1. The number of thiazole rings is 1. The van der Waals surface area contributed by atoms with Crippen LogP contribution in [-0.2, 0) is 4.79 Å². The number of hydrogen-bond donors (Lipinski definition) is 1. The normalized spacial score (nSPS) is 15.3. The predicted octanol–water partition coefficient (Wildman–Crippen LogP) is 3.94. The van der Waals surface area contributed by atoms with Crippen molar-refractivity contribution in [2.24, 2.45) is 4.99 Å². The number of benzene rings is 3. The molecule has 0 bridgehead atoms. The standard InChI is InChI=1S/C29H26N4O2S/c1-19-25(27(34)31-22-12-8-5-9-13-22)26(21-10-6-4-7-11-21)33-28(35)24(36-29(33)30-19)18-20-14-16-23(17-15-20)32(2)3/h4-18,26H,1-3H3,(H,31,34)/b24-18-. The van der Waals surface area contributed by atoms with Crippen LogP contribution in [0.2, 0.25) is 0 Å². The third kappa shape index (κ3) is 4.53. The van der Waals surface area contributed by atoms with Gasteiger partial charge in [0.15, 0.2) is 4.80 Å². The van der Waals surface area contributed by atoms with Gasteiger partial charge in [-0.3, -0.25) is 14.2 Å². The largest absolute Gasteiger partial charge is 0.378 e. The number of para-hydroxylation sites is 1. The van der Waals surface area contributed by atoms with Crippen LogP contribution < -0.4 is 25.1 Å². The molecule has 3 aromatic carbocycles. The van der Waals surface area contributed by atoms with E-state index < -0.39 is 6.04 Å². The first-order valence-electron chi connectivity index (χ1n) is 11.6. The Labute approximate surface area is 213 Å². The molecule has 0 radical (unpaired) electrons. The van der Waals surface area contributed by atoms with E-state index in [0.29, 0.717) is 26.3 Å². The quantitative estimate of drug-likeness (QED) is 0.457. The van der Waals surface area contributed by atoms with Gasteiger partial charge >= 0.3 is 0 Å². The van der Waals surface area contributed by atoms with E-state index in [4.69, 9.17) is 4.99 Å². The van der Waals surface area contributed by atoms with Gasteiger partial charge in [0.1, 0.15) is 0 Å². The minimum absolute atomic E-state index is 0.165. The molecule has 5 rings (SSSR count). The van der Waals surface area contributed by atoms with Gasteiger partial charge in [-0.15, -0.1) is 0 Å². The lowest BCUT2D eigenvalue weighted by molar-refractivity contribution is -0.113. The number of carbonyl (C=O) groups is 1. The molecule has 4 aromatic rings. The number of hydrogen-bond acceptors (Lipinski definition) is 5. The third-order valence-electron chi connectivity index (χ3n) is 6.12. The summed E-state index contributed by atoms with van der Waals surface area (Å²) in [6.07, 6.45) is 1.88. The lowest BCUT2D eigenvalue weighted by atomic mass is 9.95. The van der Waals surface area contributed by atoms with Gasteiger partial charge in [-0.05, 0) is 48.4 Å². The highest BCUT2D eigenvalue weighted by Crippen LogP contribution is 2.30. The summed E-state index contributed by atoms with van der Waals surface area (Å²) in [6, 6.07) is 26.4. The van der Waals surface area contributed by atoms with Gasteiger partial charge in [-0.25, -0.2) is 4.99 Å². The lowest BCUT2D eigenvalue weighted by Gasteiger charge is -2.25. The van der Waals surface area contributed by atoms with Crippen LogP contribution in [0.15, 0.2) is 106 Å². The second-order valence-electron chi connectivity index (χ2n) is 8.80. The van der Waals surface area contributed by atoms with E-state index >= 15 is 0 Å². The van der Waals surface area contributed by atoms with Gasteiger partial charge in [0.2, 0.25) is 0 Å². The molecular formula is C29H26N4O2S. The van der Waals surface area contributed by atoms with E-state index in [9.17, 15) is 9.59 Å². The molecular weight excluding hydrogens is 468 g/mol.